The van der Waals surface area contributed by atoms with Crippen molar-refractivity contribution in [3.05, 3.63) is 34.6 Å². The fourth-order valence-electron chi connectivity index (χ4n) is 6.20. The Morgan fingerprint density at radius 1 is 1.21 bits per heavy atom. The molecule has 2 atom stereocenters. The van der Waals surface area contributed by atoms with E-state index in [-0.39, 0.29) is 17.2 Å². The van der Waals surface area contributed by atoms with Gasteiger partial charge in [0.15, 0.2) is 0 Å². The van der Waals surface area contributed by atoms with E-state index in [2.05, 4.69) is 30.6 Å². The third-order valence-electron chi connectivity index (χ3n) is 7.08. The summed E-state index contributed by atoms with van der Waals surface area (Å²) in [5.74, 6) is 0.222. The van der Waals surface area contributed by atoms with Gasteiger partial charge in [-0.25, -0.2) is 4.39 Å². The lowest BCUT2D eigenvalue weighted by Crippen LogP contribution is -2.44. The van der Waals surface area contributed by atoms with Crippen LogP contribution in [0.2, 0.25) is 5.02 Å². The van der Waals surface area contributed by atoms with Crippen molar-refractivity contribution in [3.63, 3.8) is 0 Å². The smallest absolute Gasteiger partial charge is 0.226 e. The first-order valence-electron chi connectivity index (χ1n) is 10.6. The van der Waals surface area contributed by atoms with E-state index in [1.165, 1.54) is 12.5 Å². The first-order valence-corrected chi connectivity index (χ1v) is 11.0. The zero-order valence-electron chi connectivity index (χ0n) is 17.3. The molecule has 1 amide bonds. The summed E-state index contributed by atoms with van der Waals surface area (Å²) in [4.78, 5) is 17.7. The topological polar surface area (TPSA) is 23.6 Å². The van der Waals surface area contributed by atoms with E-state index >= 15 is 0 Å². The average Bonchev–Trinajstić information content (AvgIpc) is 2.87. The number of rotatable bonds is 3. The SMILES string of the molecule is CC1(C)CC2CC(C)(CN2C(=O)C2CCN(Cc3c(F)cccc3Cl)CC2)C1. The van der Waals surface area contributed by atoms with Crippen LogP contribution in [-0.2, 0) is 11.3 Å². The first-order chi connectivity index (χ1) is 13.2. The lowest BCUT2D eigenvalue weighted by Gasteiger charge is -2.40. The molecule has 3 aliphatic rings. The van der Waals surface area contributed by atoms with Crippen molar-refractivity contribution in [1.82, 2.24) is 9.80 Å². The highest BCUT2D eigenvalue weighted by Gasteiger charge is 2.51. The number of carbonyl (C=O) groups is 1. The van der Waals surface area contributed by atoms with Crippen molar-refractivity contribution in [2.24, 2.45) is 16.7 Å². The Kier molecular flexibility index (Phi) is 5.24. The van der Waals surface area contributed by atoms with Crippen molar-refractivity contribution in [1.29, 1.82) is 0 Å². The summed E-state index contributed by atoms with van der Waals surface area (Å²) in [6.07, 6.45) is 5.20. The van der Waals surface area contributed by atoms with Gasteiger partial charge in [-0.05, 0) is 68.2 Å². The van der Waals surface area contributed by atoms with Gasteiger partial charge in [-0.2, -0.15) is 0 Å². The summed E-state index contributed by atoms with van der Waals surface area (Å²) in [6.45, 7) is 10.1. The fraction of sp³-hybridized carbons (Fsp3) is 0.696. The zero-order chi connectivity index (χ0) is 20.1. The largest absolute Gasteiger partial charge is 0.339 e. The van der Waals surface area contributed by atoms with E-state index in [9.17, 15) is 9.18 Å². The molecule has 2 bridgehead atoms. The minimum atomic E-state index is -0.245. The Morgan fingerprint density at radius 3 is 2.61 bits per heavy atom. The average molecular weight is 407 g/mol. The second kappa shape index (κ2) is 7.28. The highest BCUT2D eigenvalue weighted by atomic mass is 35.5. The molecule has 1 aromatic carbocycles. The molecule has 3 fully saturated rings. The predicted molar refractivity (Wildman–Crippen MR) is 111 cm³/mol. The first kappa shape index (κ1) is 20.2. The van der Waals surface area contributed by atoms with E-state index in [1.54, 1.807) is 12.1 Å². The molecule has 0 N–H and O–H groups in total. The van der Waals surface area contributed by atoms with Crippen molar-refractivity contribution in [2.45, 2.75) is 65.5 Å². The molecule has 154 valence electrons. The molecule has 1 aromatic rings. The van der Waals surface area contributed by atoms with Crippen molar-refractivity contribution < 1.29 is 9.18 Å². The molecule has 2 unspecified atom stereocenters. The van der Waals surface area contributed by atoms with Gasteiger partial charge < -0.3 is 4.90 Å². The number of likely N-dealkylation sites (tertiary alicyclic amines) is 2. The molecule has 2 saturated heterocycles. The molecule has 0 radical (unpaired) electrons. The Bertz CT molecular complexity index is 739. The van der Waals surface area contributed by atoms with E-state index in [1.807, 2.05) is 0 Å². The zero-order valence-corrected chi connectivity index (χ0v) is 18.1. The van der Waals surface area contributed by atoms with Gasteiger partial charge in [-0.3, -0.25) is 9.69 Å². The summed E-state index contributed by atoms with van der Waals surface area (Å²) < 4.78 is 14.1. The highest BCUT2D eigenvalue weighted by molar-refractivity contribution is 6.31. The van der Waals surface area contributed by atoms with Crippen molar-refractivity contribution in [2.75, 3.05) is 19.6 Å². The molecular formula is C23H32ClFN2O. The van der Waals surface area contributed by atoms with Crippen LogP contribution in [0.5, 0.6) is 0 Å². The summed E-state index contributed by atoms with van der Waals surface area (Å²) in [5, 5.41) is 0.485. The lowest BCUT2D eigenvalue weighted by atomic mass is 9.65. The number of halogens is 2. The summed E-state index contributed by atoms with van der Waals surface area (Å²) >= 11 is 6.17. The van der Waals surface area contributed by atoms with Crippen LogP contribution in [0.25, 0.3) is 0 Å². The maximum atomic E-state index is 14.1. The van der Waals surface area contributed by atoms with E-state index < -0.39 is 0 Å². The van der Waals surface area contributed by atoms with Crippen LogP contribution in [0.15, 0.2) is 18.2 Å². The molecule has 28 heavy (non-hydrogen) atoms. The molecule has 2 aliphatic heterocycles. The third-order valence-corrected chi connectivity index (χ3v) is 7.43. The quantitative estimate of drug-likeness (QED) is 0.695. The highest BCUT2D eigenvalue weighted by Crippen LogP contribution is 2.52. The van der Waals surface area contributed by atoms with Crippen LogP contribution in [0.1, 0.15) is 58.4 Å². The number of hydrogen-bond acceptors (Lipinski definition) is 2. The number of hydrogen-bond donors (Lipinski definition) is 0. The van der Waals surface area contributed by atoms with Crippen LogP contribution < -0.4 is 0 Å². The number of fused-ring (bicyclic) bond motifs is 2. The molecular weight excluding hydrogens is 375 g/mol. The van der Waals surface area contributed by atoms with Gasteiger partial charge in [-0.1, -0.05) is 38.4 Å². The van der Waals surface area contributed by atoms with Crippen molar-refractivity contribution in [3.8, 4) is 0 Å². The van der Waals surface area contributed by atoms with Crippen molar-refractivity contribution >= 4 is 17.5 Å². The minimum Gasteiger partial charge on any atom is -0.339 e. The lowest BCUT2D eigenvalue weighted by molar-refractivity contribution is -0.138. The Hall–Kier alpha value is -1.13. The van der Waals surface area contributed by atoms with Gasteiger partial charge in [0.1, 0.15) is 5.82 Å². The number of piperidine rings is 1. The third kappa shape index (κ3) is 3.95. The maximum Gasteiger partial charge on any atom is 0.226 e. The fourth-order valence-corrected chi connectivity index (χ4v) is 6.42. The second-order valence-corrected chi connectivity index (χ2v) is 10.8. The molecule has 1 saturated carbocycles. The predicted octanol–water partition coefficient (Wildman–Crippen LogP) is 5.12. The summed E-state index contributed by atoms with van der Waals surface area (Å²) in [7, 11) is 0. The summed E-state index contributed by atoms with van der Waals surface area (Å²) in [5.41, 5.74) is 1.18. The Morgan fingerprint density at radius 2 is 1.93 bits per heavy atom. The Balaban J connectivity index is 1.36. The minimum absolute atomic E-state index is 0.110. The monoisotopic (exact) mass is 406 g/mol. The standard InChI is InChI=1S/C23H32ClFN2O/c1-22(2)11-17-12-23(3,14-22)15-27(17)21(28)16-7-9-26(10-8-16)13-18-19(24)5-4-6-20(18)25/h4-6,16-17H,7-15H2,1-3H3. The van der Waals surface area contributed by atoms with E-state index in [0.717, 1.165) is 45.3 Å². The van der Waals surface area contributed by atoms with Gasteiger partial charge >= 0.3 is 0 Å². The Labute approximate surface area is 173 Å². The van der Waals surface area contributed by atoms with Crippen LogP contribution in [0.4, 0.5) is 4.39 Å². The van der Waals surface area contributed by atoms with Gasteiger partial charge in [-0.15, -0.1) is 0 Å². The number of benzene rings is 1. The second-order valence-electron chi connectivity index (χ2n) is 10.4. The normalized spacial score (nSPS) is 30.6. The summed E-state index contributed by atoms with van der Waals surface area (Å²) in [6, 6.07) is 5.26. The molecule has 0 spiro atoms. The van der Waals surface area contributed by atoms with E-state index in [4.69, 9.17) is 11.6 Å². The number of carbonyl (C=O) groups excluding carboxylic acids is 1. The molecule has 1 aliphatic carbocycles. The number of amides is 1. The van der Waals surface area contributed by atoms with Gasteiger partial charge in [0.25, 0.3) is 0 Å². The van der Waals surface area contributed by atoms with Crippen LogP contribution in [-0.4, -0.2) is 41.4 Å². The maximum absolute atomic E-state index is 14.1. The molecule has 5 heteroatoms. The number of nitrogens with zero attached hydrogens (tertiary/aromatic N) is 2. The molecule has 3 nitrogen and oxygen atoms in total. The molecule has 4 rings (SSSR count). The van der Waals surface area contributed by atoms with Gasteiger partial charge in [0.2, 0.25) is 5.91 Å². The van der Waals surface area contributed by atoms with Crippen LogP contribution in [0.3, 0.4) is 0 Å². The van der Waals surface area contributed by atoms with E-state index in [0.29, 0.717) is 34.5 Å². The van der Waals surface area contributed by atoms with Crippen LogP contribution >= 0.6 is 11.6 Å². The molecule has 0 aromatic heterocycles. The molecule has 2 heterocycles. The van der Waals surface area contributed by atoms with Gasteiger partial charge in [0.05, 0.1) is 0 Å². The van der Waals surface area contributed by atoms with Gasteiger partial charge in [0, 0.05) is 35.6 Å². The van der Waals surface area contributed by atoms with Crippen LogP contribution in [0, 0.1) is 22.6 Å².